The SMILES string of the molecule is CC1CCCN1S(=O)(=O)c1ccc(C#N)cc1Cl. The molecule has 4 nitrogen and oxygen atoms in total. The van der Waals surface area contributed by atoms with E-state index in [1.54, 1.807) is 0 Å². The lowest BCUT2D eigenvalue weighted by atomic mass is 10.2. The Kier molecular flexibility index (Phi) is 3.62. The van der Waals surface area contributed by atoms with Crippen molar-refractivity contribution in [2.75, 3.05) is 6.54 Å². The average molecular weight is 285 g/mol. The number of hydrogen-bond acceptors (Lipinski definition) is 3. The Bertz CT molecular complexity index is 607. The molecule has 6 heteroatoms. The van der Waals surface area contributed by atoms with E-state index in [0.29, 0.717) is 12.1 Å². The third-order valence-electron chi connectivity index (χ3n) is 3.14. The maximum absolute atomic E-state index is 12.4. The summed E-state index contributed by atoms with van der Waals surface area (Å²) < 4.78 is 26.3. The highest BCUT2D eigenvalue weighted by atomic mass is 35.5. The summed E-state index contributed by atoms with van der Waals surface area (Å²) in [5, 5.41) is 8.85. The molecule has 1 aliphatic heterocycles. The second kappa shape index (κ2) is 4.88. The van der Waals surface area contributed by atoms with Crippen LogP contribution in [-0.2, 0) is 10.0 Å². The van der Waals surface area contributed by atoms with E-state index in [9.17, 15) is 8.42 Å². The monoisotopic (exact) mass is 284 g/mol. The van der Waals surface area contributed by atoms with Gasteiger partial charge in [-0.15, -0.1) is 0 Å². The Morgan fingerprint density at radius 1 is 1.50 bits per heavy atom. The molecular formula is C12H13ClN2O2S. The Hall–Kier alpha value is -1.09. The highest BCUT2D eigenvalue weighted by Gasteiger charge is 2.33. The minimum absolute atomic E-state index is 0.00158. The number of sulfonamides is 1. The van der Waals surface area contributed by atoms with E-state index in [1.165, 1.54) is 22.5 Å². The predicted octanol–water partition coefficient (Wildman–Crippen LogP) is 2.38. The Morgan fingerprint density at radius 2 is 2.22 bits per heavy atom. The molecule has 0 aliphatic carbocycles. The van der Waals surface area contributed by atoms with Gasteiger partial charge in [-0.2, -0.15) is 9.57 Å². The predicted molar refractivity (Wildman–Crippen MR) is 68.8 cm³/mol. The third-order valence-corrected chi connectivity index (χ3v) is 5.64. The minimum atomic E-state index is -3.55. The molecule has 0 amide bonds. The van der Waals surface area contributed by atoms with E-state index in [1.807, 2.05) is 13.0 Å². The van der Waals surface area contributed by atoms with Crippen LogP contribution in [0.3, 0.4) is 0 Å². The minimum Gasteiger partial charge on any atom is -0.207 e. The van der Waals surface area contributed by atoms with Crippen molar-refractivity contribution >= 4 is 21.6 Å². The van der Waals surface area contributed by atoms with Gasteiger partial charge in [-0.25, -0.2) is 8.42 Å². The summed E-state index contributed by atoms with van der Waals surface area (Å²) in [7, 11) is -3.55. The molecule has 2 rings (SSSR count). The standard InChI is InChI=1S/C12H13ClN2O2S/c1-9-3-2-6-15(9)18(16,17)12-5-4-10(8-14)7-11(12)13/h4-5,7,9H,2-3,6H2,1H3. The van der Waals surface area contributed by atoms with E-state index in [0.717, 1.165) is 12.8 Å². The molecule has 96 valence electrons. The zero-order valence-electron chi connectivity index (χ0n) is 9.93. The van der Waals surface area contributed by atoms with Crippen molar-refractivity contribution in [3.63, 3.8) is 0 Å². The van der Waals surface area contributed by atoms with E-state index in [2.05, 4.69) is 0 Å². The van der Waals surface area contributed by atoms with Crippen LogP contribution < -0.4 is 0 Å². The number of halogens is 1. The number of hydrogen-bond donors (Lipinski definition) is 0. The van der Waals surface area contributed by atoms with Gasteiger partial charge in [0.05, 0.1) is 16.7 Å². The first-order valence-electron chi connectivity index (χ1n) is 5.68. The van der Waals surface area contributed by atoms with Crippen LogP contribution in [0.1, 0.15) is 25.3 Å². The van der Waals surface area contributed by atoms with Gasteiger partial charge in [0.25, 0.3) is 0 Å². The van der Waals surface area contributed by atoms with Gasteiger partial charge in [-0.1, -0.05) is 11.6 Å². The number of rotatable bonds is 2. The maximum atomic E-state index is 12.4. The Labute approximate surface area is 112 Å². The van der Waals surface area contributed by atoms with Crippen molar-refractivity contribution < 1.29 is 8.42 Å². The molecule has 1 fully saturated rings. The molecule has 0 saturated carbocycles. The van der Waals surface area contributed by atoms with Gasteiger partial charge in [-0.05, 0) is 38.0 Å². The largest absolute Gasteiger partial charge is 0.244 e. The van der Waals surface area contributed by atoms with Crippen LogP contribution in [0, 0.1) is 11.3 Å². The maximum Gasteiger partial charge on any atom is 0.244 e. The molecule has 1 unspecified atom stereocenters. The Balaban J connectivity index is 2.45. The molecule has 0 aromatic heterocycles. The zero-order valence-corrected chi connectivity index (χ0v) is 11.5. The third kappa shape index (κ3) is 2.24. The average Bonchev–Trinajstić information content (AvgIpc) is 2.75. The van der Waals surface area contributed by atoms with E-state index >= 15 is 0 Å². The molecule has 1 atom stereocenters. The molecule has 18 heavy (non-hydrogen) atoms. The van der Waals surface area contributed by atoms with Crippen molar-refractivity contribution in [1.29, 1.82) is 5.26 Å². The van der Waals surface area contributed by atoms with Crippen molar-refractivity contribution in [3.05, 3.63) is 28.8 Å². The van der Waals surface area contributed by atoms with Crippen molar-refractivity contribution in [3.8, 4) is 6.07 Å². The summed E-state index contributed by atoms with van der Waals surface area (Å²) in [5.74, 6) is 0. The molecular weight excluding hydrogens is 272 g/mol. The molecule has 1 saturated heterocycles. The van der Waals surface area contributed by atoms with Crippen LogP contribution >= 0.6 is 11.6 Å². The lowest BCUT2D eigenvalue weighted by Gasteiger charge is -2.21. The van der Waals surface area contributed by atoms with Crippen LogP contribution in [0.15, 0.2) is 23.1 Å². The van der Waals surface area contributed by atoms with Crippen LogP contribution in [-0.4, -0.2) is 25.3 Å². The first-order valence-corrected chi connectivity index (χ1v) is 7.50. The summed E-state index contributed by atoms with van der Waals surface area (Å²) in [5.41, 5.74) is 0.355. The summed E-state index contributed by atoms with van der Waals surface area (Å²) in [4.78, 5) is 0.0805. The highest BCUT2D eigenvalue weighted by molar-refractivity contribution is 7.89. The van der Waals surface area contributed by atoms with Crippen molar-refractivity contribution in [2.45, 2.75) is 30.7 Å². The topological polar surface area (TPSA) is 61.2 Å². The van der Waals surface area contributed by atoms with Gasteiger partial charge in [0.1, 0.15) is 4.90 Å². The molecule has 0 N–H and O–H groups in total. The smallest absolute Gasteiger partial charge is 0.207 e. The molecule has 0 spiro atoms. The van der Waals surface area contributed by atoms with Crippen LogP contribution in [0.2, 0.25) is 5.02 Å². The highest BCUT2D eigenvalue weighted by Crippen LogP contribution is 2.30. The van der Waals surface area contributed by atoms with Crippen LogP contribution in [0.5, 0.6) is 0 Å². The number of nitrogens with zero attached hydrogens (tertiary/aromatic N) is 2. The van der Waals surface area contributed by atoms with Crippen molar-refractivity contribution in [2.24, 2.45) is 0 Å². The summed E-state index contributed by atoms with van der Waals surface area (Å²) >= 11 is 5.96. The molecule has 1 aliphatic rings. The van der Waals surface area contributed by atoms with E-state index in [4.69, 9.17) is 16.9 Å². The zero-order chi connectivity index (χ0) is 13.3. The Morgan fingerprint density at radius 3 is 2.72 bits per heavy atom. The first kappa shape index (κ1) is 13.3. The van der Waals surface area contributed by atoms with Crippen LogP contribution in [0.4, 0.5) is 0 Å². The van der Waals surface area contributed by atoms with Gasteiger partial charge in [0.2, 0.25) is 10.0 Å². The van der Waals surface area contributed by atoms with E-state index < -0.39 is 10.0 Å². The second-order valence-electron chi connectivity index (χ2n) is 4.36. The van der Waals surface area contributed by atoms with Gasteiger partial charge in [0, 0.05) is 12.6 Å². The second-order valence-corrected chi connectivity index (χ2v) is 6.63. The number of nitriles is 1. The van der Waals surface area contributed by atoms with Gasteiger partial charge in [-0.3, -0.25) is 0 Å². The summed E-state index contributed by atoms with van der Waals surface area (Å²) in [6.45, 7) is 2.42. The molecule has 0 bridgehead atoms. The summed E-state index contributed by atoms with van der Waals surface area (Å²) in [6.07, 6.45) is 1.74. The van der Waals surface area contributed by atoms with Gasteiger partial charge in [0.15, 0.2) is 0 Å². The molecule has 1 aromatic rings. The van der Waals surface area contributed by atoms with Gasteiger partial charge < -0.3 is 0 Å². The number of benzene rings is 1. The van der Waals surface area contributed by atoms with Crippen molar-refractivity contribution in [1.82, 2.24) is 4.31 Å². The van der Waals surface area contributed by atoms with E-state index in [-0.39, 0.29) is 16.0 Å². The fourth-order valence-electron chi connectivity index (χ4n) is 2.17. The summed E-state index contributed by atoms with van der Waals surface area (Å²) in [6, 6.07) is 6.19. The quantitative estimate of drug-likeness (QED) is 0.838. The van der Waals surface area contributed by atoms with Gasteiger partial charge >= 0.3 is 0 Å². The molecule has 0 radical (unpaired) electrons. The van der Waals surface area contributed by atoms with Crippen LogP contribution in [0.25, 0.3) is 0 Å². The fraction of sp³-hybridized carbons (Fsp3) is 0.417. The normalized spacial score (nSPS) is 20.8. The lowest BCUT2D eigenvalue weighted by molar-refractivity contribution is 0.408. The lowest BCUT2D eigenvalue weighted by Crippen LogP contribution is -2.33. The fourth-order valence-corrected chi connectivity index (χ4v) is 4.39. The molecule has 1 heterocycles. The first-order chi connectivity index (χ1) is 8.46. The molecule has 1 aromatic carbocycles.